The molecule has 0 amide bonds. The molecule has 4 rings (SSSR count). The fourth-order valence-corrected chi connectivity index (χ4v) is 4.54. The summed E-state index contributed by atoms with van der Waals surface area (Å²) in [5.74, 6) is 0.820. The molecule has 28 heavy (non-hydrogen) atoms. The summed E-state index contributed by atoms with van der Waals surface area (Å²) < 4.78 is 0. The molecular formula is C24H27ClN2O. The number of ketones is 1. The minimum absolute atomic E-state index is 0.290. The van der Waals surface area contributed by atoms with Gasteiger partial charge >= 0.3 is 0 Å². The van der Waals surface area contributed by atoms with Crippen LogP contribution in [0.15, 0.2) is 54.7 Å². The van der Waals surface area contributed by atoms with Crippen molar-refractivity contribution in [2.45, 2.75) is 51.1 Å². The minimum Gasteiger partial charge on any atom is -0.361 e. The molecule has 0 spiro atoms. The molecule has 1 atom stereocenters. The van der Waals surface area contributed by atoms with Gasteiger partial charge in [0.15, 0.2) is 5.78 Å². The maximum atomic E-state index is 13.3. The number of halogens is 1. The molecule has 1 heterocycles. The van der Waals surface area contributed by atoms with Crippen molar-refractivity contribution in [2.24, 2.45) is 5.92 Å². The first-order valence-corrected chi connectivity index (χ1v) is 10.6. The Bertz CT molecular complexity index is 928. The first-order valence-electron chi connectivity index (χ1n) is 10.3. The van der Waals surface area contributed by atoms with E-state index in [1.54, 1.807) is 0 Å². The van der Waals surface area contributed by atoms with Crippen molar-refractivity contribution < 1.29 is 4.79 Å². The number of carbonyl (C=O) groups is 1. The van der Waals surface area contributed by atoms with Crippen LogP contribution in [0, 0.1) is 5.92 Å². The summed E-state index contributed by atoms with van der Waals surface area (Å²) in [6, 6.07) is 15.8. The first kappa shape index (κ1) is 19.2. The van der Waals surface area contributed by atoms with Gasteiger partial charge in [0.25, 0.3) is 0 Å². The summed E-state index contributed by atoms with van der Waals surface area (Å²) in [4.78, 5) is 16.6. The molecule has 2 N–H and O–H groups in total. The molecule has 0 radical (unpaired) electrons. The number of fused-ring (bicyclic) bond motifs is 1. The number of carbonyl (C=O) groups excluding carboxylic acids is 1. The Morgan fingerprint density at radius 3 is 2.68 bits per heavy atom. The molecular weight excluding hydrogens is 368 g/mol. The van der Waals surface area contributed by atoms with Crippen molar-refractivity contribution in [1.82, 2.24) is 10.3 Å². The van der Waals surface area contributed by atoms with Gasteiger partial charge in [0.2, 0.25) is 0 Å². The summed E-state index contributed by atoms with van der Waals surface area (Å²) in [5.41, 5.74) is 3.17. The molecule has 1 aliphatic rings. The number of rotatable bonds is 7. The molecule has 4 heteroatoms. The van der Waals surface area contributed by atoms with Gasteiger partial charge < -0.3 is 4.98 Å². The number of aromatic nitrogens is 1. The lowest BCUT2D eigenvalue weighted by molar-refractivity contribution is -0.122. The predicted octanol–water partition coefficient (Wildman–Crippen LogP) is 6.19. The highest BCUT2D eigenvalue weighted by Crippen LogP contribution is 2.32. The highest BCUT2D eigenvalue weighted by Gasteiger charge is 2.26. The van der Waals surface area contributed by atoms with Crippen molar-refractivity contribution in [3.63, 3.8) is 0 Å². The van der Waals surface area contributed by atoms with Gasteiger partial charge in [-0.15, -0.1) is 0 Å². The van der Waals surface area contributed by atoms with Crippen LogP contribution in [0.3, 0.4) is 0 Å². The molecule has 1 aromatic heterocycles. The van der Waals surface area contributed by atoms with Crippen LogP contribution >= 0.6 is 11.6 Å². The molecule has 2 aromatic carbocycles. The lowest BCUT2D eigenvalue weighted by Crippen LogP contribution is -2.30. The van der Waals surface area contributed by atoms with E-state index in [1.807, 2.05) is 42.6 Å². The van der Waals surface area contributed by atoms with E-state index in [-0.39, 0.29) is 6.04 Å². The van der Waals surface area contributed by atoms with Gasteiger partial charge in [0.05, 0.1) is 6.04 Å². The van der Waals surface area contributed by atoms with Crippen LogP contribution in [0.2, 0.25) is 5.02 Å². The molecule has 0 saturated heterocycles. The highest BCUT2D eigenvalue weighted by atomic mass is 35.5. The van der Waals surface area contributed by atoms with E-state index in [2.05, 4.69) is 22.4 Å². The van der Waals surface area contributed by atoms with E-state index in [4.69, 9.17) is 11.6 Å². The number of hydrogen-bond donors (Lipinski definition) is 2. The third-order valence-electron chi connectivity index (χ3n) is 5.88. The lowest BCUT2D eigenvalue weighted by Gasteiger charge is -2.24. The van der Waals surface area contributed by atoms with Gasteiger partial charge in [0, 0.05) is 40.7 Å². The third kappa shape index (κ3) is 4.48. The normalized spacial score (nSPS) is 16.3. The van der Waals surface area contributed by atoms with Gasteiger partial charge in [-0.3, -0.25) is 10.1 Å². The molecule has 3 nitrogen and oxygen atoms in total. The highest BCUT2D eigenvalue weighted by molar-refractivity contribution is 6.31. The monoisotopic (exact) mass is 394 g/mol. The lowest BCUT2D eigenvalue weighted by atomic mass is 9.84. The summed E-state index contributed by atoms with van der Waals surface area (Å²) >= 11 is 6.14. The number of hydrogen-bond acceptors (Lipinski definition) is 2. The van der Waals surface area contributed by atoms with Crippen molar-refractivity contribution >= 4 is 28.3 Å². The Kier molecular flexibility index (Phi) is 6.13. The molecule has 3 aromatic rings. The third-order valence-corrected chi connectivity index (χ3v) is 6.11. The molecule has 1 fully saturated rings. The van der Waals surface area contributed by atoms with Gasteiger partial charge in [-0.05, 0) is 23.6 Å². The topological polar surface area (TPSA) is 44.9 Å². The second kappa shape index (κ2) is 8.93. The Morgan fingerprint density at radius 1 is 1.11 bits per heavy atom. The zero-order valence-electron chi connectivity index (χ0n) is 16.1. The number of H-pyrrole nitrogens is 1. The minimum atomic E-state index is -0.308. The van der Waals surface area contributed by atoms with Crippen LogP contribution < -0.4 is 5.32 Å². The van der Waals surface area contributed by atoms with Crippen LogP contribution in [0.5, 0.6) is 0 Å². The van der Waals surface area contributed by atoms with Gasteiger partial charge in [0.1, 0.15) is 0 Å². The number of nitrogens with one attached hydrogen (secondary N) is 2. The van der Waals surface area contributed by atoms with E-state index in [0.717, 1.165) is 16.5 Å². The molecule has 1 aliphatic carbocycles. The van der Waals surface area contributed by atoms with E-state index in [0.29, 0.717) is 29.7 Å². The van der Waals surface area contributed by atoms with Crippen molar-refractivity contribution in [3.8, 4) is 0 Å². The van der Waals surface area contributed by atoms with Crippen LogP contribution in [-0.2, 0) is 11.3 Å². The maximum Gasteiger partial charge on any atom is 0.154 e. The average molecular weight is 395 g/mol. The molecule has 1 unspecified atom stereocenters. The SMILES string of the molecule is O=C(CC1CCCCC1)C(NCc1ccccc1)c1c[nH]c2cc(Cl)ccc12. The zero-order valence-corrected chi connectivity index (χ0v) is 16.8. The number of benzene rings is 2. The van der Waals surface area contributed by atoms with E-state index < -0.39 is 0 Å². The van der Waals surface area contributed by atoms with Crippen LogP contribution in [-0.4, -0.2) is 10.8 Å². The van der Waals surface area contributed by atoms with Crippen molar-refractivity contribution in [2.75, 3.05) is 0 Å². The largest absolute Gasteiger partial charge is 0.361 e. The van der Waals surface area contributed by atoms with Crippen LogP contribution in [0.25, 0.3) is 10.9 Å². The molecule has 0 bridgehead atoms. The summed E-state index contributed by atoms with van der Waals surface area (Å²) in [7, 11) is 0. The maximum absolute atomic E-state index is 13.3. The van der Waals surface area contributed by atoms with E-state index in [9.17, 15) is 4.79 Å². The standard InChI is InChI=1S/C24H27ClN2O/c25-19-11-12-20-21(16-26-22(20)14-19)24(27-15-18-9-5-2-6-10-18)23(28)13-17-7-3-1-4-8-17/h2,5-6,9-12,14,16-17,24,26-27H,1,3-4,7-8,13,15H2. The van der Waals surface area contributed by atoms with Crippen LogP contribution in [0.4, 0.5) is 0 Å². The zero-order chi connectivity index (χ0) is 19.3. The van der Waals surface area contributed by atoms with Crippen molar-refractivity contribution in [1.29, 1.82) is 0 Å². The average Bonchev–Trinajstić information content (AvgIpc) is 3.12. The molecule has 1 saturated carbocycles. The number of aromatic amines is 1. The van der Waals surface area contributed by atoms with Gasteiger partial charge in [-0.2, -0.15) is 0 Å². The summed E-state index contributed by atoms with van der Waals surface area (Å²) in [5, 5.41) is 5.29. The first-order chi connectivity index (χ1) is 13.7. The Hall–Kier alpha value is -2.10. The fraction of sp³-hybridized carbons (Fsp3) is 0.375. The molecule has 146 valence electrons. The smallest absolute Gasteiger partial charge is 0.154 e. The van der Waals surface area contributed by atoms with Gasteiger partial charge in [-0.1, -0.05) is 80.1 Å². The van der Waals surface area contributed by atoms with Crippen molar-refractivity contribution in [3.05, 3.63) is 70.9 Å². The second-order valence-corrected chi connectivity index (χ2v) is 8.34. The van der Waals surface area contributed by atoms with E-state index >= 15 is 0 Å². The molecule has 0 aliphatic heterocycles. The van der Waals surface area contributed by atoms with E-state index in [1.165, 1.54) is 37.7 Å². The van der Waals surface area contributed by atoms with Gasteiger partial charge in [-0.25, -0.2) is 0 Å². The Labute approximate surface area is 171 Å². The quantitative estimate of drug-likeness (QED) is 0.501. The summed E-state index contributed by atoms with van der Waals surface area (Å²) in [6.45, 7) is 0.669. The fourth-order valence-electron chi connectivity index (χ4n) is 4.37. The predicted molar refractivity (Wildman–Crippen MR) is 116 cm³/mol. The summed E-state index contributed by atoms with van der Waals surface area (Å²) in [6.07, 6.45) is 8.80. The second-order valence-electron chi connectivity index (χ2n) is 7.91. The van der Waals surface area contributed by atoms with Crippen LogP contribution in [0.1, 0.15) is 55.7 Å². The Balaban J connectivity index is 1.58. The Morgan fingerprint density at radius 2 is 1.89 bits per heavy atom. The number of Topliss-reactive ketones (excluding diaryl/α,β-unsaturated/α-hetero) is 1.